The molecule has 2 aliphatic rings. The molecule has 3 rings (SSSR count). The molecule has 0 N–H and O–H groups in total. The Kier molecular flexibility index (Phi) is 5.81. The van der Waals surface area contributed by atoms with E-state index < -0.39 is 18.8 Å². The third-order valence-electron chi connectivity index (χ3n) is 5.76. The molecule has 0 unspecified atom stereocenters. The molecule has 1 atom stereocenters. The van der Waals surface area contributed by atoms with E-state index in [1.807, 2.05) is 18.7 Å². The minimum Gasteiger partial charge on any atom is -0.332 e. The zero-order valence-corrected chi connectivity index (χ0v) is 16.2. The Bertz CT molecular complexity index is 679. The third kappa shape index (κ3) is 4.63. The largest absolute Gasteiger partial charge is 0.406 e. The minimum absolute atomic E-state index is 0.203. The maximum absolute atomic E-state index is 12.7. The first kappa shape index (κ1) is 20.1. The van der Waals surface area contributed by atoms with Crippen LogP contribution in [0.1, 0.15) is 29.8 Å². The van der Waals surface area contributed by atoms with Crippen molar-refractivity contribution in [3.8, 4) is 0 Å². The Hall–Kier alpha value is -1.61. The molecule has 6 nitrogen and oxygen atoms in total. The summed E-state index contributed by atoms with van der Waals surface area (Å²) in [7, 11) is 1.94. The predicted molar refractivity (Wildman–Crippen MR) is 95.2 cm³/mol. The number of halogens is 3. The van der Waals surface area contributed by atoms with E-state index in [1.54, 1.807) is 0 Å². The van der Waals surface area contributed by atoms with Gasteiger partial charge in [0, 0.05) is 57.6 Å². The van der Waals surface area contributed by atoms with E-state index in [0.717, 1.165) is 35.9 Å². The smallest absolute Gasteiger partial charge is 0.332 e. The molecule has 1 aromatic rings. The summed E-state index contributed by atoms with van der Waals surface area (Å²) >= 11 is 0. The highest BCUT2D eigenvalue weighted by molar-refractivity contribution is 5.82. The summed E-state index contributed by atoms with van der Waals surface area (Å²) in [5.74, 6) is -0.369. The van der Waals surface area contributed by atoms with Gasteiger partial charge in [-0.2, -0.15) is 18.3 Å². The van der Waals surface area contributed by atoms with Crippen molar-refractivity contribution in [1.82, 2.24) is 24.5 Å². The molecule has 0 aliphatic carbocycles. The topological polar surface area (TPSA) is 44.6 Å². The SMILES string of the molecule is Cc1nn(C)c(C)c1CN1CCN([C@H]2CCCN(CC(F)(F)F)C2=O)CC1. The Morgan fingerprint density at radius 1 is 1.11 bits per heavy atom. The van der Waals surface area contributed by atoms with E-state index in [-0.39, 0.29) is 12.5 Å². The van der Waals surface area contributed by atoms with Crippen LogP contribution >= 0.6 is 0 Å². The fourth-order valence-corrected chi connectivity index (χ4v) is 4.14. The number of hydrogen-bond donors (Lipinski definition) is 0. The average molecular weight is 387 g/mol. The van der Waals surface area contributed by atoms with Crippen molar-refractivity contribution in [2.24, 2.45) is 7.05 Å². The zero-order valence-electron chi connectivity index (χ0n) is 16.2. The molecule has 0 radical (unpaired) electrons. The van der Waals surface area contributed by atoms with Crippen LogP contribution < -0.4 is 0 Å². The molecule has 3 heterocycles. The lowest BCUT2D eigenvalue weighted by molar-refractivity contribution is -0.168. The summed E-state index contributed by atoms with van der Waals surface area (Å²) in [5, 5.41) is 4.45. The van der Waals surface area contributed by atoms with Gasteiger partial charge in [-0.05, 0) is 26.7 Å². The van der Waals surface area contributed by atoms with Gasteiger partial charge in [-0.3, -0.25) is 19.3 Å². The van der Waals surface area contributed by atoms with Gasteiger partial charge >= 0.3 is 6.18 Å². The van der Waals surface area contributed by atoms with Crippen molar-refractivity contribution in [3.63, 3.8) is 0 Å². The number of alkyl halides is 3. The van der Waals surface area contributed by atoms with Crippen LogP contribution in [0.15, 0.2) is 0 Å². The maximum atomic E-state index is 12.7. The van der Waals surface area contributed by atoms with Crippen LogP contribution in [0.5, 0.6) is 0 Å². The number of carbonyl (C=O) groups is 1. The van der Waals surface area contributed by atoms with Gasteiger partial charge in [-0.25, -0.2) is 0 Å². The summed E-state index contributed by atoms with van der Waals surface area (Å²) in [5.41, 5.74) is 3.42. The predicted octanol–water partition coefficient (Wildman–Crippen LogP) is 1.71. The molecule has 152 valence electrons. The molecule has 1 amide bonds. The van der Waals surface area contributed by atoms with E-state index >= 15 is 0 Å². The second-order valence-electron chi connectivity index (χ2n) is 7.62. The molecule has 2 aliphatic heterocycles. The molecule has 0 saturated carbocycles. The van der Waals surface area contributed by atoms with Crippen LogP contribution in [-0.4, -0.2) is 81.9 Å². The Balaban J connectivity index is 1.56. The molecule has 2 saturated heterocycles. The van der Waals surface area contributed by atoms with Gasteiger partial charge in [0.2, 0.25) is 5.91 Å². The second-order valence-corrected chi connectivity index (χ2v) is 7.62. The molecule has 2 fully saturated rings. The molecule has 1 aromatic heterocycles. The first-order chi connectivity index (χ1) is 12.7. The van der Waals surface area contributed by atoms with Crippen molar-refractivity contribution < 1.29 is 18.0 Å². The monoisotopic (exact) mass is 387 g/mol. The fraction of sp³-hybridized carbons (Fsp3) is 0.778. The molecular formula is C18H28F3N5O. The van der Waals surface area contributed by atoms with Crippen molar-refractivity contribution in [2.45, 2.75) is 45.5 Å². The number of aryl methyl sites for hydroxylation is 2. The normalized spacial score (nSPS) is 23.3. The van der Waals surface area contributed by atoms with Crippen molar-refractivity contribution >= 4 is 5.91 Å². The summed E-state index contributed by atoms with van der Waals surface area (Å²) in [6.07, 6.45) is -3.07. The third-order valence-corrected chi connectivity index (χ3v) is 5.76. The average Bonchev–Trinajstić information content (AvgIpc) is 2.83. The van der Waals surface area contributed by atoms with Crippen molar-refractivity contribution in [2.75, 3.05) is 39.3 Å². The standard InChI is InChI=1S/C18H28F3N5O/c1-13-15(14(2)23(3)22-13)11-24-7-9-25(10-8-24)16-5-4-6-26(17(16)27)12-18(19,20)21/h16H,4-12H2,1-3H3/t16-/m0/s1. The first-order valence-electron chi connectivity index (χ1n) is 9.46. The fourth-order valence-electron chi connectivity index (χ4n) is 4.14. The van der Waals surface area contributed by atoms with Gasteiger partial charge in [-0.1, -0.05) is 0 Å². The summed E-state index contributed by atoms with van der Waals surface area (Å²) in [6.45, 7) is 6.96. The molecule has 0 aromatic carbocycles. The molecule has 0 bridgehead atoms. The summed E-state index contributed by atoms with van der Waals surface area (Å²) in [4.78, 5) is 17.9. The number of nitrogens with zero attached hydrogens (tertiary/aromatic N) is 5. The number of carbonyl (C=O) groups excluding carboxylic acids is 1. The maximum Gasteiger partial charge on any atom is 0.406 e. The lowest BCUT2D eigenvalue weighted by Crippen LogP contribution is -2.58. The lowest BCUT2D eigenvalue weighted by atomic mass is 10.0. The van der Waals surface area contributed by atoms with E-state index in [1.165, 1.54) is 5.56 Å². The number of rotatable bonds is 4. The van der Waals surface area contributed by atoms with Gasteiger partial charge in [0.15, 0.2) is 0 Å². The van der Waals surface area contributed by atoms with Crippen LogP contribution in [0, 0.1) is 13.8 Å². The van der Waals surface area contributed by atoms with E-state index in [4.69, 9.17) is 0 Å². The van der Waals surface area contributed by atoms with Gasteiger partial charge < -0.3 is 4.90 Å². The molecule has 0 spiro atoms. The van der Waals surface area contributed by atoms with Crippen molar-refractivity contribution in [3.05, 3.63) is 17.0 Å². The molecule has 9 heteroatoms. The van der Waals surface area contributed by atoms with Gasteiger partial charge in [-0.15, -0.1) is 0 Å². The van der Waals surface area contributed by atoms with E-state index in [2.05, 4.69) is 21.8 Å². The van der Waals surface area contributed by atoms with E-state index in [0.29, 0.717) is 25.9 Å². The van der Waals surface area contributed by atoms with Crippen molar-refractivity contribution in [1.29, 1.82) is 0 Å². The highest BCUT2D eigenvalue weighted by Crippen LogP contribution is 2.24. The van der Waals surface area contributed by atoms with Crippen LogP contribution in [0.4, 0.5) is 13.2 Å². The summed E-state index contributed by atoms with van der Waals surface area (Å²) < 4.78 is 39.9. The lowest BCUT2D eigenvalue weighted by Gasteiger charge is -2.42. The van der Waals surface area contributed by atoms with Crippen LogP contribution in [-0.2, 0) is 18.4 Å². The van der Waals surface area contributed by atoms with Gasteiger partial charge in [0.1, 0.15) is 6.54 Å². The Labute approximate surface area is 157 Å². The molecule has 27 heavy (non-hydrogen) atoms. The number of piperidine rings is 1. The zero-order chi connectivity index (χ0) is 19.8. The first-order valence-corrected chi connectivity index (χ1v) is 9.46. The number of likely N-dealkylation sites (tertiary alicyclic amines) is 1. The highest BCUT2D eigenvalue weighted by atomic mass is 19.4. The number of amides is 1. The summed E-state index contributed by atoms with van der Waals surface area (Å²) in [6, 6.07) is -0.412. The quantitative estimate of drug-likeness (QED) is 0.789. The second kappa shape index (κ2) is 7.79. The van der Waals surface area contributed by atoms with E-state index in [9.17, 15) is 18.0 Å². The Morgan fingerprint density at radius 2 is 1.78 bits per heavy atom. The number of aromatic nitrogens is 2. The van der Waals surface area contributed by atoms with Crippen LogP contribution in [0.25, 0.3) is 0 Å². The van der Waals surface area contributed by atoms with Gasteiger partial charge in [0.25, 0.3) is 0 Å². The number of hydrogen-bond acceptors (Lipinski definition) is 4. The highest BCUT2D eigenvalue weighted by Gasteiger charge is 2.39. The number of piperazine rings is 1. The molecular weight excluding hydrogens is 359 g/mol. The van der Waals surface area contributed by atoms with Gasteiger partial charge in [0.05, 0.1) is 11.7 Å². The minimum atomic E-state index is -4.34. The van der Waals surface area contributed by atoms with Crippen LogP contribution in [0.2, 0.25) is 0 Å². The Morgan fingerprint density at radius 3 is 2.33 bits per heavy atom. The van der Waals surface area contributed by atoms with Crippen LogP contribution in [0.3, 0.4) is 0 Å².